The Bertz CT molecular complexity index is 1320. The van der Waals surface area contributed by atoms with E-state index in [2.05, 4.69) is 0 Å². The first kappa shape index (κ1) is 48.7. The molecule has 0 aromatic rings. The summed E-state index contributed by atoms with van der Waals surface area (Å²) < 4.78 is 65.2. The van der Waals surface area contributed by atoms with E-state index in [1.165, 1.54) is 27.7 Å². The predicted molar refractivity (Wildman–Crippen MR) is 189 cm³/mol. The molecule has 5 heterocycles. The van der Waals surface area contributed by atoms with E-state index in [-0.39, 0.29) is 6.61 Å². The second-order valence-electron chi connectivity index (χ2n) is 15.7. The Balaban J connectivity index is 1.50. The Hall–Kier alpha value is -1.37. The van der Waals surface area contributed by atoms with E-state index < -0.39 is 173 Å². The van der Waals surface area contributed by atoms with Crippen LogP contribution in [-0.2, 0) is 56.9 Å². The minimum absolute atomic E-state index is 0.154. The normalized spacial score (nSPS) is 51.0. The Kier molecular flexibility index (Phi) is 17.2. The van der Waals surface area contributed by atoms with Crippen LogP contribution in [0.5, 0.6) is 0 Å². The summed E-state index contributed by atoms with van der Waals surface area (Å²) >= 11 is 0. The summed E-state index contributed by atoms with van der Waals surface area (Å²) in [4.78, 5) is 12.0. The van der Waals surface area contributed by atoms with Crippen molar-refractivity contribution >= 4 is 5.97 Å². The summed E-state index contributed by atoms with van der Waals surface area (Å²) in [6, 6.07) is 0. The largest absolute Gasteiger partial charge is 0.454 e. The number of esters is 1. The number of rotatable bonds is 14. The molecular weight excluding hydrogens is 800 g/mol. The Morgan fingerprint density at radius 3 is 1.53 bits per heavy atom. The highest BCUT2D eigenvalue weighted by Gasteiger charge is 2.57. The van der Waals surface area contributed by atoms with Crippen LogP contribution in [0.3, 0.4) is 0 Å². The molecule has 0 aliphatic carbocycles. The molecule has 0 saturated carbocycles. The molecule has 5 rings (SSSR count). The number of aliphatic hydroxyl groups is 11. The smallest absolute Gasteiger partial charge is 0.303 e. The van der Waals surface area contributed by atoms with Crippen LogP contribution in [0.1, 0.15) is 48.0 Å². The third-order valence-electron chi connectivity index (χ3n) is 11.3. The van der Waals surface area contributed by atoms with Crippen LogP contribution in [0.25, 0.3) is 0 Å². The van der Waals surface area contributed by atoms with Gasteiger partial charge in [0.15, 0.2) is 37.6 Å². The molecule has 0 amide bonds. The molecule has 0 radical (unpaired) electrons. The molecule has 5 saturated heterocycles. The average Bonchev–Trinajstić information content (AvgIpc) is 3.20. The first-order valence-corrected chi connectivity index (χ1v) is 19.9. The van der Waals surface area contributed by atoms with Gasteiger partial charge in [0.25, 0.3) is 0 Å². The Labute approximate surface area is 340 Å². The molecule has 25 atom stereocenters. The van der Waals surface area contributed by atoms with Crippen LogP contribution in [0.2, 0.25) is 0 Å². The van der Waals surface area contributed by atoms with Gasteiger partial charge >= 0.3 is 5.97 Å². The molecule has 23 nitrogen and oxygen atoms in total. The zero-order chi connectivity index (χ0) is 43.6. The lowest BCUT2D eigenvalue weighted by Crippen LogP contribution is -2.67. The maximum atomic E-state index is 12.0. The summed E-state index contributed by atoms with van der Waals surface area (Å²) in [6.07, 6.45) is -36.3. The molecular formula is C36H62O23. The summed E-state index contributed by atoms with van der Waals surface area (Å²) in [7, 11) is 0. The van der Waals surface area contributed by atoms with Gasteiger partial charge in [0.05, 0.1) is 37.6 Å². The van der Waals surface area contributed by atoms with Crippen LogP contribution in [0, 0.1) is 5.92 Å². The lowest BCUT2D eigenvalue weighted by atomic mass is 9.91. The van der Waals surface area contributed by atoms with E-state index in [4.69, 9.17) is 52.1 Å². The molecule has 10 unspecified atom stereocenters. The molecule has 344 valence electrons. The van der Waals surface area contributed by atoms with Crippen molar-refractivity contribution < 1.29 is 113 Å². The second kappa shape index (κ2) is 20.9. The van der Waals surface area contributed by atoms with Gasteiger partial charge in [0, 0.05) is 19.4 Å². The maximum Gasteiger partial charge on any atom is 0.303 e. The number of carbonyl (C=O) groups excluding carboxylic acids is 1. The third kappa shape index (κ3) is 10.5. The number of ether oxygens (including phenoxy) is 11. The van der Waals surface area contributed by atoms with Gasteiger partial charge in [-0.25, -0.2) is 0 Å². The van der Waals surface area contributed by atoms with Crippen molar-refractivity contribution in [2.45, 2.75) is 195 Å². The van der Waals surface area contributed by atoms with Gasteiger partial charge in [-0.05, 0) is 27.2 Å². The highest BCUT2D eigenvalue weighted by Crippen LogP contribution is 2.39. The van der Waals surface area contributed by atoms with Gasteiger partial charge in [-0.2, -0.15) is 0 Å². The fraction of sp³-hybridized carbons (Fsp3) is 0.972. The average molecular weight is 863 g/mol. The lowest BCUT2D eigenvalue weighted by molar-refractivity contribution is -0.408. The molecule has 23 heteroatoms. The van der Waals surface area contributed by atoms with Crippen molar-refractivity contribution in [3.8, 4) is 0 Å². The summed E-state index contributed by atoms with van der Waals surface area (Å²) in [5.74, 6) is -1.94. The van der Waals surface area contributed by atoms with E-state index in [1.807, 2.05) is 6.92 Å². The number of carbonyl (C=O) groups is 1. The molecule has 0 aromatic heterocycles. The van der Waals surface area contributed by atoms with Gasteiger partial charge in [0.1, 0.15) is 85.5 Å². The van der Waals surface area contributed by atoms with Gasteiger partial charge < -0.3 is 108 Å². The van der Waals surface area contributed by atoms with Crippen molar-refractivity contribution in [2.75, 3.05) is 19.8 Å². The van der Waals surface area contributed by atoms with Crippen molar-refractivity contribution in [3.63, 3.8) is 0 Å². The van der Waals surface area contributed by atoms with Gasteiger partial charge in [0.2, 0.25) is 0 Å². The van der Waals surface area contributed by atoms with E-state index in [0.29, 0.717) is 6.42 Å². The van der Waals surface area contributed by atoms with Crippen LogP contribution in [0.15, 0.2) is 0 Å². The molecule has 0 aromatic carbocycles. The third-order valence-corrected chi connectivity index (χ3v) is 11.3. The van der Waals surface area contributed by atoms with Crippen molar-refractivity contribution in [1.82, 2.24) is 0 Å². The molecule has 5 aliphatic heterocycles. The minimum Gasteiger partial charge on any atom is -0.454 e. The zero-order valence-corrected chi connectivity index (χ0v) is 33.6. The van der Waals surface area contributed by atoms with Crippen LogP contribution < -0.4 is 0 Å². The maximum absolute atomic E-state index is 12.0. The van der Waals surface area contributed by atoms with E-state index in [9.17, 15) is 61.0 Å². The SMILES string of the molecule is CCCO[C@@H]1OC(C)[C@H](O)C(O)[C@@H]1O[C@@H]1OC(C)[C@H](O)C(O[C@H]2O[C@@H](CO)[C@@H](O)C(O)C2O)[C@@H]1O[C@@H]1OC(CO)[C@@H](O)C(O[C@@H]2OC(C)[C@H](O)C(O)[C@@H]2OC(C)=O)[C@@H]1C. The summed E-state index contributed by atoms with van der Waals surface area (Å²) in [5.41, 5.74) is 0. The monoisotopic (exact) mass is 862 g/mol. The molecule has 0 bridgehead atoms. The molecule has 5 aliphatic rings. The van der Waals surface area contributed by atoms with Crippen molar-refractivity contribution in [2.24, 2.45) is 5.92 Å². The van der Waals surface area contributed by atoms with Crippen LogP contribution in [0.4, 0.5) is 0 Å². The van der Waals surface area contributed by atoms with Gasteiger partial charge in [-0.1, -0.05) is 13.8 Å². The lowest BCUT2D eigenvalue weighted by Gasteiger charge is -2.51. The molecule has 5 fully saturated rings. The predicted octanol–water partition coefficient (Wildman–Crippen LogP) is -5.56. The van der Waals surface area contributed by atoms with E-state index >= 15 is 0 Å². The highest BCUT2D eigenvalue weighted by molar-refractivity contribution is 5.66. The topological polar surface area (TPSA) is 341 Å². The first-order valence-electron chi connectivity index (χ1n) is 19.9. The van der Waals surface area contributed by atoms with Crippen LogP contribution >= 0.6 is 0 Å². The fourth-order valence-electron chi connectivity index (χ4n) is 7.70. The van der Waals surface area contributed by atoms with Gasteiger partial charge in [-0.15, -0.1) is 0 Å². The first-order chi connectivity index (χ1) is 27.8. The van der Waals surface area contributed by atoms with Crippen LogP contribution in [-0.4, -0.2) is 229 Å². The quantitative estimate of drug-likeness (QED) is 0.0726. The summed E-state index contributed by atoms with van der Waals surface area (Å²) in [5, 5.41) is 118. The van der Waals surface area contributed by atoms with E-state index in [1.54, 1.807) is 0 Å². The van der Waals surface area contributed by atoms with E-state index in [0.717, 1.165) is 6.92 Å². The Morgan fingerprint density at radius 2 is 0.949 bits per heavy atom. The zero-order valence-electron chi connectivity index (χ0n) is 33.6. The van der Waals surface area contributed by atoms with Crippen molar-refractivity contribution in [1.29, 1.82) is 0 Å². The highest BCUT2D eigenvalue weighted by atomic mass is 16.8. The fourth-order valence-corrected chi connectivity index (χ4v) is 7.70. The number of hydrogen-bond acceptors (Lipinski definition) is 23. The standard InChI is InChI=1S/C36H62O23/c1-7-8-49-34-29(24(46)18(40)12(3)50-34)58-36-31(28(20(42)14(5)52-36)57-33-26(48)23(45)21(43)16(9-37)55-33)59-32-11(2)27(22(44)17(10-38)54-32)56-35-30(53-15(6)39)25(47)19(41)13(4)51-35/h11-14,16-38,40-48H,7-10H2,1-6H3/t11-,12?,13?,14?,16-,17?,18-,19-,20-,21+,22+,23?,24?,25?,26?,27?,28?,29-,30-,31-,32-,33+,34+,35-,36-/m0/s1. The molecule has 11 N–H and O–H groups in total. The minimum atomic E-state index is -1.94. The summed E-state index contributed by atoms with van der Waals surface area (Å²) in [6.45, 7) is 7.28. The van der Waals surface area contributed by atoms with Crippen molar-refractivity contribution in [3.05, 3.63) is 0 Å². The Morgan fingerprint density at radius 1 is 0.475 bits per heavy atom. The molecule has 59 heavy (non-hydrogen) atoms. The van der Waals surface area contributed by atoms with Gasteiger partial charge in [-0.3, -0.25) is 4.79 Å². The number of hydrogen-bond donors (Lipinski definition) is 11. The number of aliphatic hydroxyl groups excluding tert-OH is 11. The second-order valence-corrected chi connectivity index (χ2v) is 15.7. The molecule has 0 spiro atoms.